The minimum Gasteiger partial charge on any atom is -0.379 e. The highest BCUT2D eigenvalue weighted by Gasteiger charge is 2.14. The van der Waals surface area contributed by atoms with Crippen LogP contribution in [0.2, 0.25) is 0 Å². The summed E-state index contributed by atoms with van der Waals surface area (Å²) in [6.45, 7) is 6.61. The monoisotopic (exact) mass is 231 g/mol. The predicted octanol–water partition coefficient (Wildman–Crippen LogP) is -1.59. The van der Waals surface area contributed by atoms with Gasteiger partial charge in [-0.15, -0.1) is 0 Å². The fourth-order valence-electron chi connectivity index (χ4n) is 1.46. The summed E-state index contributed by atoms with van der Waals surface area (Å²) in [4.78, 5) is 12.6. The van der Waals surface area contributed by atoms with E-state index in [1.807, 2.05) is 0 Å². The van der Waals surface area contributed by atoms with Gasteiger partial charge in [0.25, 0.3) is 0 Å². The third kappa shape index (κ3) is 5.41. The highest BCUT2D eigenvalue weighted by atomic mass is 16.5. The molecule has 0 bridgehead atoms. The molecule has 2 fully saturated rings. The van der Waals surface area contributed by atoms with Crippen LogP contribution in [0.5, 0.6) is 0 Å². The van der Waals surface area contributed by atoms with E-state index < -0.39 is 0 Å². The lowest BCUT2D eigenvalue weighted by Gasteiger charge is -2.26. The van der Waals surface area contributed by atoms with E-state index in [4.69, 9.17) is 15.2 Å². The molecule has 94 valence electrons. The fourth-order valence-corrected chi connectivity index (χ4v) is 1.46. The van der Waals surface area contributed by atoms with Gasteiger partial charge >= 0.3 is 0 Å². The van der Waals surface area contributed by atoms with Gasteiger partial charge in [0.05, 0.1) is 33.0 Å². The lowest BCUT2D eigenvalue weighted by atomic mass is 10.4. The molecule has 0 unspecified atom stereocenters. The molecule has 0 aromatic rings. The Morgan fingerprint density at radius 1 is 1.12 bits per heavy atom. The summed E-state index contributed by atoms with van der Waals surface area (Å²) in [7, 11) is 0. The van der Waals surface area contributed by atoms with Gasteiger partial charge in [-0.05, 0) is 0 Å². The summed E-state index contributed by atoms with van der Waals surface area (Å²) >= 11 is 0. The second-order valence-electron chi connectivity index (χ2n) is 3.56. The molecule has 0 aliphatic carbocycles. The van der Waals surface area contributed by atoms with E-state index >= 15 is 0 Å². The zero-order chi connectivity index (χ0) is 11.6. The van der Waals surface area contributed by atoms with Crippen LogP contribution >= 0.6 is 0 Å². The number of morpholine rings is 2. The van der Waals surface area contributed by atoms with Crippen LogP contribution < -0.4 is 11.1 Å². The largest absolute Gasteiger partial charge is 0.379 e. The summed E-state index contributed by atoms with van der Waals surface area (Å²) in [6.07, 6.45) is 0. The van der Waals surface area contributed by atoms with Crippen molar-refractivity contribution in [3.05, 3.63) is 0 Å². The standard InChI is InChI=1S/C6H12N2O2.C4H9NO/c7-5-6(9)8-1-3-10-4-2-8;1-3-6-4-2-5-1/h1-5,7H2;5H,1-4H2. The summed E-state index contributed by atoms with van der Waals surface area (Å²) in [5, 5.41) is 3.16. The van der Waals surface area contributed by atoms with Crippen molar-refractivity contribution in [2.24, 2.45) is 5.73 Å². The van der Waals surface area contributed by atoms with E-state index in [9.17, 15) is 4.79 Å². The molecule has 0 radical (unpaired) electrons. The van der Waals surface area contributed by atoms with Crippen LogP contribution in [-0.2, 0) is 14.3 Å². The predicted molar refractivity (Wildman–Crippen MR) is 60.1 cm³/mol. The number of nitrogens with two attached hydrogens (primary N) is 1. The molecule has 1 amide bonds. The zero-order valence-corrected chi connectivity index (χ0v) is 9.61. The van der Waals surface area contributed by atoms with Crippen LogP contribution in [0.15, 0.2) is 0 Å². The van der Waals surface area contributed by atoms with Gasteiger partial charge in [-0.1, -0.05) is 0 Å². The Morgan fingerprint density at radius 3 is 2.06 bits per heavy atom. The number of carbonyl (C=O) groups excluding carboxylic acids is 1. The third-order valence-corrected chi connectivity index (χ3v) is 2.38. The molecule has 2 saturated heterocycles. The summed E-state index contributed by atoms with van der Waals surface area (Å²) in [5.41, 5.74) is 5.17. The van der Waals surface area contributed by atoms with Crippen LogP contribution in [0.3, 0.4) is 0 Å². The van der Waals surface area contributed by atoms with E-state index in [1.54, 1.807) is 4.90 Å². The number of ether oxygens (including phenoxy) is 2. The summed E-state index contributed by atoms with van der Waals surface area (Å²) in [5.74, 6) is 0.0169. The number of nitrogens with zero attached hydrogens (tertiary/aromatic N) is 1. The van der Waals surface area contributed by atoms with Crippen molar-refractivity contribution in [3.8, 4) is 0 Å². The van der Waals surface area contributed by atoms with Crippen molar-refractivity contribution < 1.29 is 14.3 Å². The second kappa shape index (κ2) is 8.46. The van der Waals surface area contributed by atoms with Crippen LogP contribution in [0.25, 0.3) is 0 Å². The van der Waals surface area contributed by atoms with Crippen molar-refractivity contribution in [2.75, 3.05) is 59.2 Å². The minimum atomic E-state index is 0.0169. The van der Waals surface area contributed by atoms with Crippen molar-refractivity contribution in [2.45, 2.75) is 0 Å². The van der Waals surface area contributed by atoms with Crippen molar-refractivity contribution in [1.29, 1.82) is 0 Å². The van der Waals surface area contributed by atoms with Gasteiger partial charge in [0, 0.05) is 26.2 Å². The average Bonchev–Trinajstić information content (AvgIpc) is 2.41. The quantitative estimate of drug-likeness (QED) is 0.569. The first-order valence-corrected chi connectivity index (χ1v) is 5.68. The zero-order valence-electron chi connectivity index (χ0n) is 9.61. The van der Waals surface area contributed by atoms with Crippen LogP contribution in [0.4, 0.5) is 0 Å². The number of carbonyl (C=O) groups is 1. The molecule has 0 atom stereocenters. The lowest BCUT2D eigenvalue weighted by Crippen LogP contribution is -2.43. The second-order valence-corrected chi connectivity index (χ2v) is 3.56. The summed E-state index contributed by atoms with van der Waals surface area (Å²) < 4.78 is 10.1. The van der Waals surface area contributed by atoms with E-state index in [2.05, 4.69) is 5.32 Å². The first-order chi connectivity index (χ1) is 7.84. The molecule has 6 heteroatoms. The number of nitrogens with one attached hydrogen (secondary N) is 1. The number of hydrogen-bond donors (Lipinski definition) is 2. The SMILES string of the molecule is C1COCCN1.NCC(=O)N1CCOCC1. The van der Waals surface area contributed by atoms with Gasteiger partial charge in [0.1, 0.15) is 0 Å². The highest BCUT2D eigenvalue weighted by Crippen LogP contribution is 1.95. The van der Waals surface area contributed by atoms with Gasteiger partial charge in [0.15, 0.2) is 0 Å². The molecule has 0 aromatic carbocycles. The van der Waals surface area contributed by atoms with E-state index in [0.717, 1.165) is 26.3 Å². The molecule has 0 spiro atoms. The van der Waals surface area contributed by atoms with Crippen molar-refractivity contribution in [3.63, 3.8) is 0 Å². The highest BCUT2D eigenvalue weighted by molar-refractivity contribution is 5.78. The van der Waals surface area contributed by atoms with E-state index in [0.29, 0.717) is 26.3 Å². The molecule has 2 rings (SSSR count). The van der Waals surface area contributed by atoms with Crippen LogP contribution in [0.1, 0.15) is 0 Å². The topological polar surface area (TPSA) is 76.8 Å². The molecule has 6 nitrogen and oxygen atoms in total. The van der Waals surface area contributed by atoms with Gasteiger partial charge in [-0.2, -0.15) is 0 Å². The van der Waals surface area contributed by atoms with Crippen LogP contribution in [0, 0.1) is 0 Å². The van der Waals surface area contributed by atoms with E-state index in [-0.39, 0.29) is 12.5 Å². The molecular formula is C10H21N3O3. The van der Waals surface area contributed by atoms with E-state index in [1.165, 1.54) is 0 Å². The Hall–Kier alpha value is -0.690. The first kappa shape index (κ1) is 13.4. The fraction of sp³-hybridized carbons (Fsp3) is 0.900. The van der Waals surface area contributed by atoms with Gasteiger partial charge in [-0.3, -0.25) is 4.79 Å². The molecule has 0 aromatic heterocycles. The average molecular weight is 231 g/mol. The Kier molecular flexibility index (Phi) is 7.07. The lowest BCUT2D eigenvalue weighted by molar-refractivity contribution is -0.133. The smallest absolute Gasteiger partial charge is 0.236 e. The molecule has 16 heavy (non-hydrogen) atoms. The Morgan fingerprint density at radius 2 is 1.69 bits per heavy atom. The number of rotatable bonds is 1. The molecular weight excluding hydrogens is 210 g/mol. The molecule has 3 N–H and O–H groups in total. The number of amides is 1. The Bertz CT molecular complexity index is 180. The normalized spacial score (nSPS) is 20.9. The maximum Gasteiger partial charge on any atom is 0.236 e. The third-order valence-electron chi connectivity index (χ3n) is 2.38. The molecule has 2 aliphatic heterocycles. The van der Waals surface area contributed by atoms with Crippen molar-refractivity contribution in [1.82, 2.24) is 10.2 Å². The molecule has 0 saturated carbocycles. The summed E-state index contributed by atoms with van der Waals surface area (Å²) in [6, 6.07) is 0. The molecule has 2 aliphatic rings. The maximum absolute atomic E-state index is 10.9. The van der Waals surface area contributed by atoms with Gasteiger partial charge < -0.3 is 25.4 Å². The first-order valence-electron chi connectivity index (χ1n) is 5.68. The maximum atomic E-state index is 10.9. The number of hydrogen-bond acceptors (Lipinski definition) is 5. The minimum absolute atomic E-state index is 0.0169. The van der Waals surface area contributed by atoms with Gasteiger partial charge in [-0.25, -0.2) is 0 Å². The Labute approximate surface area is 96.1 Å². The van der Waals surface area contributed by atoms with Gasteiger partial charge in [0.2, 0.25) is 5.91 Å². The molecule has 2 heterocycles. The Balaban J connectivity index is 0.000000181. The van der Waals surface area contributed by atoms with Crippen LogP contribution in [-0.4, -0.2) is 70.0 Å². The van der Waals surface area contributed by atoms with Crippen molar-refractivity contribution >= 4 is 5.91 Å².